The number of hydrogen-bond acceptors (Lipinski definition) is 8. The molecule has 0 bridgehead atoms. The average Bonchev–Trinajstić information content (AvgIpc) is 3.39. The minimum atomic E-state index is -4.75. The number of amides is 2. The summed E-state index contributed by atoms with van der Waals surface area (Å²) in [6.45, 7) is 11.8. The Hall–Kier alpha value is -2.06. The Kier molecular flexibility index (Phi) is 8.26. The number of thiazole rings is 2. The Morgan fingerprint density at radius 1 is 0.800 bits per heavy atom. The van der Waals surface area contributed by atoms with Crippen molar-refractivity contribution >= 4 is 76.8 Å². The molecule has 0 unspecified atom stereocenters. The highest BCUT2D eigenvalue weighted by molar-refractivity contribution is 7.25. The van der Waals surface area contributed by atoms with Gasteiger partial charge in [-0.1, -0.05) is 62.0 Å². The van der Waals surface area contributed by atoms with Gasteiger partial charge in [-0.15, -0.1) is 0 Å². The summed E-state index contributed by atoms with van der Waals surface area (Å²) in [7, 11) is 0. The maximum absolute atomic E-state index is 14.4. The van der Waals surface area contributed by atoms with Crippen molar-refractivity contribution in [3.63, 3.8) is 0 Å². The zero-order chi connectivity index (χ0) is 26.2. The van der Waals surface area contributed by atoms with Crippen LogP contribution in [0.3, 0.4) is 0 Å². The average molecular weight is 551 g/mol. The first-order valence-electron chi connectivity index (χ1n) is 11.0. The molecule has 8 nitrogen and oxygen atoms in total. The molecule has 14 heteroatoms. The number of fused-ring (bicyclic) bond motifs is 2. The van der Waals surface area contributed by atoms with Crippen LogP contribution in [0, 0.1) is 0 Å². The molecule has 0 fully saturated rings. The molecule has 0 aliphatic heterocycles. The van der Waals surface area contributed by atoms with Gasteiger partial charge >= 0.3 is 6.18 Å². The first-order chi connectivity index (χ1) is 16.4. The Morgan fingerprint density at radius 3 is 1.40 bits per heavy atom. The van der Waals surface area contributed by atoms with Gasteiger partial charge in [0.25, 0.3) is 0 Å². The predicted octanol–water partition coefficient (Wildman–Crippen LogP) is 5.80. The summed E-state index contributed by atoms with van der Waals surface area (Å²) in [6, 6.07) is 0. The molecule has 0 saturated heterocycles. The van der Waals surface area contributed by atoms with E-state index in [0.717, 1.165) is 22.7 Å². The van der Waals surface area contributed by atoms with E-state index in [4.69, 9.17) is 11.6 Å². The van der Waals surface area contributed by atoms with Gasteiger partial charge in [-0.25, -0.2) is 30.0 Å². The molecule has 0 aliphatic carbocycles. The molecule has 35 heavy (non-hydrogen) atoms. The number of carbonyl (C=O) groups is 2. The Labute approximate surface area is 213 Å². The number of anilines is 2. The van der Waals surface area contributed by atoms with Gasteiger partial charge in [0.05, 0.1) is 20.0 Å². The van der Waals surface area contributed by atoms with Crippen molar-refractivity contribution < 1.29 is 22.8 Å². The molecule has 3 aromatic rings. The molecule has 0 saturated carbocycles. The Bertz CT molecular complexity index is 1170. The summed E-state index contributed by atoms with van der Waals surface area (Å²) < 4.78 is 42.9. The number of hydrazine groups is 2. The lowest BCUT2D eigenvalue weighted by Gasteiger charge is -2.30. The van der Waals surface area contributed by atoms with Gasteiger partial charge in [0, 0.05) is 40.0 Å². The van der Waals surface area contributed by atoms with E-state index in [1.807, 2.05) is 27.7 Å². The maximum Gasteiger partial charge on any atom is 0.419 e. The van der Waals surface area contributed by atoms with E-state index in [1.165, 1.54) is 23.9 Å². The second-order valence-electron chi connectivity index (χ2n) is 7.47. The molecule has 2 heterocycles. The number of nitrogens with zero attached hydrogens (tertiary/aromatic N) is 6. The van der Waals surface area contributed by atoms with Crippen LogP contribution in [0.4, 0.5) is 23.4 Å². The third-order valence-electron chi connectivity index (χ3n) is 5.37. The summed E-state index contributed by atoms with van der Waals surface area (Å²) in [4.78, 5) is 33.5. The lowest BCUT2D eigenvalue weighted by molar-refractivity contribution is -0.134. The number of benzene rings is 1. The zero-order valence-corrected chi connectivity index (χ0v) is 22.5. The van der Waals surface area contributed by atoms with Crippen molar-refractivity contribution in [3.8, 4) is 0 Å². The lowest BCUT2D eigenvalue weighted by Crippen LogP contribution is -2.45. The summed E-state index contributed by atoms with van der Waals surface area (Å²) >= 11 is 8.07. The number of halogens is 4. The normalized spacial score (nSPS) is 12.3. The Morgan fingerprint density at radius 2 is 1.14 bits per heavy atom. The molecule has 0 aliphatic rings. The SMILES string of the molecule is CCN(CC)N(C(C)=O)c1nc2c(Cl)c3nc(N(C(C)=O)N(CC)CC)sc3c(C(F)(F)F)c2s1. The van der Waals surface area contributed by atoms with Crippen molar-refractivity contribution in [2.75, 3.05) is 36.2 Å². The van der Waals surface area contributed by atoms with Crippen LogP contribution in [0.1, 0.15) is 47.1 Å². The minimum Gasteiger partial charge on any atom is -0.273 e. The third-order valence-corrected chi connectivity index (χ3v) is 7.82. The van der Waals surface area contributed by atoms with Gasteiger partial charge in [0.2, 0.25) is 22.1 Å². The first kappa shape index (κ1) is 27.5. The summed E-state index contributed by atoms with van der Waals surface area (Å²) in [6.07, 6.45) is -4.75. The summed E-state index contributed by atoms with van der Waals surface area (Å²) in [5.41, 5.74) is -1.09. The number of rotatable bonds is 8. The van der Waals surface area contributed by atoms with Crippen LogP contribution in [0.5, 0.6) is 0 Å². The van der Waals surface area contributed by atoms with E-state index in [0.29, 0.717) is 26.2 Å². The molecule has 0 N–H and O–H groups in total. The van der Waals surface area contributed by atoms with E-state index >= 15 is 0 Å². The highest BCUT2D eigenvalue weighted by Gasteiger charge is 2.40. The van der Waals surface area contributed by atoms with Crippen molar-refractivity contribution in [2.45, 2.75) is 47.7 Å². The second-order valence-corrected chi connectivity index (χ2v) is 9.81. The van der Waals surface area contributed by atoms with Crippen molar-refractivity contribution in [2.24, 2.45) is 0 Å². The molecular weight excluding hydrogens is 525 g/mol. The largest absolute Gasteiger partial charge is 0.419 e. The second kappa shape index (κ2) is 10.5. The molecule has 1 aromatic carbocycles. The van der Waals surface area contributed by atoms with Gasteiger partial charge in [-0.3, -0.25) is 9.59 Å². The van der Waals surface area contributed by atoms with Gasteiger partial charge in [0.1, 0.15) is 11.0 Å². The third kappa shape index (κ3) is 4.96. The maximum atomic E-state index is 14.4. The van der Waals surface area contributed by atoms with E-state index in [9.17, 15) is 22.8 Å². The van der Waals surface area contributed by atoms with Crippen LogP contribution in [0.15, 0.2) is 0 Å². The van der Waals surface area contributed by atoms with Crippen LogP contribution < -0.4 is 10.0 Å². The van der Waals surface area contributed by atoms with E-state index in [-0.39, 0.29) is 47.5 Å². The fourth-order valence-electron chi connectivity index (χ4n) is 3.83. The molecular formula is C21H26ClF3N6O2S2. The molecule has 0 spiro atoms. The van der Waals surface area contributed by atoms with Gasteiger partial charge < -0.3 is 0 Å². The quantitative estimate of drug-likeness (QED) is 0.330. The van der Waals surface area contributed by atoms with Gasteiger partial charge in [-0.2, -0.15) is 13.2 Å². The fourth-order valence-corrected chi connectivity index (χ4v) is 6.71. The predicted molar refractivity (Wildman–Crippen MR) is 135 cm³/mol. The molecule has 2 aromatic heterocycles. The Balaban J connectivity index is 2.36. The minimum absolute atomic E-state index is 0.0564. The lowest BCUT2D eigenvalue weighted by atomic mass is 10.2. The van der Waals surface area contributed by atoms with Crippen molar-refractivity contribution in [3.05, 3.63) is 10.6 Å². The van der Waals surface area contributed by atoms with Crippen LogP contribution >= 0.6 is 34.3 Å². The standard InChI is InChI=1S/C21H26ClF3N6O2S2/c1-7-28(8-2)30(11(5)32)19-26-15-14(22)16-18(13(17(15)34-19)21(23,24)25)35-20(27-16)31(12(6)33)29(9-3)10-4/h7-10H2,1-6H3. The van der Waals surface area contributed by atoms with E-state index in [1.54, 1.807) is 10.0 Å². The number of aromatic nitrogens is 2. The molecule has 192 valence electrons. The smallest absolute Gasteiger partial charge is 0.273 e. The van der Waals surface area contributed by atoms with Crippen LogP contribution in [0.25, 0.3) is 20.4 Å². The summed E-state index contributed by atoms with van der Waals surface area (Å²) in [5, 5.41) is 6.02. The van der Waals surface area contributed by atoms with E-state index < -0.39 is 11.7 Å². The fraction of sp³-hybridized carbons (Fsp3) is 0.524. The monoisotopic (exact) mass is 550 g/mol. The van der Waals surface area contributed by atoms with Crippen LogP contribution in [-0.4, -0.2) is 58.0 Å². The van der Waals surface area contributed by atoms with Crippen molar-refractivity contribution in [1.29, 1.82) is 0 Å². The highest BCUT2D eigenvalue weighted by Crippen LogP contribution is 2.50. The number of carbonyl (C=O) groups excluding carboxylic acids is 2. The van der Waals surface area contributed by atoms with Gasteiger partial charge in [0.15, 0.2) is 0 Å². The molecule has 0 radical (unpaired) electrons. The zero-order valence-electron chi connectivity index (χ0n) is 20.2. The van der Waals surface area contributed by atoms with Crippen LogP contribution in [0.2, 0.25) is 5.02 Å². The highest BCUT2D eigenvalue weighted by atomic mass is 35.5. The van der Waals surface area contributed by atoms with Crippen molar-refractivity contribution in [1.82, 2.24) is 20.0 Å². The number of alkyl halides is 3. The first-order valence-corrected chi connectivity index (χ1v) is 13.0. The molecule has 2 amide bonds. The topological polar surface area (TPSA) is 72.9 Å². The molecule has 3 rings (SSSR count). The molecule has 0 atom stereocenters. The van der Waals surface area contributed by atoms with Crippen LogP contribution in [-0.2, 0) is 15.8 Å². The number of hydrogen-bond donors (Lipinski definition) is 0. The summed E-state index contributed by atoms with van der Waals surface area (Å²) in [5.74, 6) is -0.757. The van der Waals surface area contributed by atoms with Gasteiger partial charge in [-0.05, 0) is 0 Å². The van der Waals surface area contributed by atoms with E-state index in [2.05, 4.69) is 9.97 Å².